The number of pyridine rings is 1. The van der Waals surface area contributed by atoms with Crippen molar-refractivity contribution in [1.29, 1.82) is 0 Å². The Morgan fingerprint density at radius 1 is 1.53 bits per heavy atom. The number of nitrogens with one attached hydrogen (secondary N) is 1. The zero-order valence-corrected chi connectivity index (χ0v) is 9.78. The Bertz CT molecular complexity index is 441. The normalized spacial score (nSPS) is 10.8. The number of rotatable bonds is 2. The van der Waals surface area contributed by atoms with Crippen LogP contribution in [0, 0.1) is 5.82 Å². The van der Waals surface area contributed by atoms with Crippen molar-refractivity contribution >= 4 is 18.1 Å². The van der Waals surface area contributed by atoms with Crippen molar-refractivity contribution in [3.63, 3.8) is 0 Å². The van der Waals surface area contributed by atoms with Crippen molar-refractivity contribution in [2.75, 3.05) is 5.32 Å². The van der Waals surface area contributed by atoms with Crippen LogP contribution in [0.2, 0.25) is 0 Å². The fraction of sp³-hybridized carbons (Fsp3) is 0.364. The van der Waals surface area contributed by atoms with Gasteiger partial charge in [-0.3, -0.25) is 15.1 Å². The summed E-state index contributed by atoms with van der Waals surface area (Å²) in [6, 6.07) is 1.24. The molecule has 0 spiro atoms. The van der Waals surface area contributed by atoms with Crippen molar-refractivity contribution < 1.29 is 18.7 Å². The van der Waals surface area contributed by atoms with Crippen molar-refractivity contribution in [2.45, 2.75) is 26.4 Å². The van der Waals surface area contributed by atoms with Gasteiger partial charge in [-0.1, -0.05) is 0 Å². The highest BCUT2D eigenvalue weighted by atomic mass is 19.1. The van der Waals surface area contributed by atoms with Crippen molar-refractivity contribution in [3.8, 4) is 0 Å². The van der Waals surface area contributed by atoms with Gasteiger partial charge in [0, 0.05) is 6.20 Å². The van der Waals surface area contributed by atoms with E-state index in [0.29, 0.717) is 0 Å². The Morgan fingerprint density at radius 2 is 2.18 bits per heavy atom. The van der Waals surface area contributed by atoms with E-state index in [1.165, 1.54) is 12.3 Å². The van der Waals surface area contributed by atoms with Crippen LogP contribution in [0.5, 0.6) is 0 Å². The highest BCUT2D eigenvalue weighted by molar-refractivity contribution is 5.86. The molecule has 1 heterocycles. The molecular formula is C11H13FN2O3. The van der Waals surface area contributed by atoms with Gasteiger partial charge in [-0.25, -0.2) is 9.18 Å². The van der Waals surface area contributed by atoms with Crippen LogP contribution in [0.4, 0.5) is 14.9 Å². The Kier molecular flexibility index (Phi) is 3.77. The molecule has 1 N–H and O–H groups in total. The number of hydrogen-bond donors (Lipinski definition) is 1. The van der Waals surface area contributed by atoms with Crippen LogP contribution in [0.15, 0.2) is 12.3 Å². The number of aldehydes is 1. The third kappa shape index (κ3) is 3.82. The Balaban J connectivity index is 2.82. The van der Waals surface area contributed by atoms with Crippen LogP contribution in [-0.4, -0.2) is 23.0 Å². The number of carbonyl (C=O) groups is 2. The van der Waals surface area contributed by atoms with Gasteiger partial charge in [0.1, 0.15) is 11.3 Å². The van der Waals surface area contributed by atoms with E-state index in [2.05, 4.69) is 10.3 Å². The predicted molar refractivity (Wildman–Crippen MR) is 59.4 cm³/mol. The average molecular weight is 240 g/mol. The van der Waals surface area contributed by atoms with Crippen LogP contribution < -0.4 is 5.32 Å². The molecule has 0 saturated carbocycles. The topological polar surface area (TPSA) is 68.3 Å². The lowest BCUT2D eigenvalue weighted by molar-refractivity contribution is 0.0635. The van der Waals surface area contributed by atoms with Gasteiger partial charge in [0.25, 0.3) is 0 Å². The lowest BCUT2D eigenvalue weighted by Gasteiger charge is -2.19. The second kappa shape index (κ2) is 4.90. The molecule has 17 heavy (non-hydrogen) atoms. The lowest BCUT2D eigenvalue weighted by Crippen LogP contribution is -2.27. The summed E-state index contributed by atoms with van der Waals surface area (Å²) in [6.07, 6.45) is 0.703. The first-order valence-electron chi connectivity index (χ1n) is 4.93. The first-order chi connectivity index (χ1) is 7.83. The zero-order valence-electron chi connectivity index (χ0n) is 9.78. The Morgan fingerprint density at radius 3 is 2.71 bits per heavy atom. The molecule has 0 atom stereocenters. The van der Waals surface area contributed by atoms with E-state index < -0.39 is 17.5 Å². The fourth-order valence-electron chi connectivity index (χ4n) is 1.05. The third-order valence-corrected chi connectivity index (χ3v) is 1.66. The summed E-state index contributed by atoms with van der Waals surface area (Å²) in [7, 11) is 0. The summed E-state index contributed by atoms with van der Waals surface area (Å²) in [4.78, 5) is 25.3. The average Bonchev–Trinajstić information content (AvgIpc) is 2.18. The molecule has 0 saturated heterocycles. The molecule has 0 aliphatic carbocycles. The predicted octanol–water partition coefficient (Wildman–Crippen LogP) is 2.38. The molecule has 6 heteroatoms. The van der Waals surface area contributed by atoms with E-state index in [1.54, 1.807) is 20.8 Å². The molecule has 1 aromatic heterocycles. The second-order valence-corrected chi connectivity index (χ2v) is 4.30. The number of ether oxygens (including phenoxy) is 1. The maximum Gasteiger partial charge on any atom is 0.412 e. The molecule has 0 radical (unpaired) electrons. The van der Waals surface area contributed by atoms with E-state index in [-0.39, 0.29) is 17.7 Å². The van der Waals surface area contributed by atoms with Crippen LogP contribution in [0.25, 0.3) is 0 Å². The molecule has 1 rings (SSSR count). The van der Waals surface area contributed by atoms with E-state index in [1.807, 2.05) is 0 Å². The fourth-order valence-corrected chi connectivity index (χ4v) is 1.05. The largest absolute Gasteiger partial charge is 0.444 e. The van der Waals surface area contributed by atoms with Crippen molar-refractivity contribution in [1.82, 2.24) is 4.98 Å². The molecule has 0 aromatic carbocycles. The molecular weight excluding hydrogens is 227 g/mol. The van der Waals surface area contributed by atoms with Gasteiger partial charge in [0.05, 0.1) is 5.69 Å². The summed E-state index contributed by atoms with van der Waals surface area (Å²) in [5.74, 6) is -0.881. The summed E-state index contributed by atoms with van der Waals surface area (Å²) in [5.41, 5.74) is -1.18. The number of anilines is 1. The number of carbonyl (C=O) groups excluding carboxylic acids is 2. The smallest absolute Gasteiger partial charge is 0.412 e. The van der Waals surface area contributed by atoms with Gasteiger partial charge in [-0.2, -0.15) is 0 Å². The quantitative estimate of drug-likeness (QED) is 0.806. The van der Waals surface area contributed by atoms with E-state index >= 15 is 0 Å². The van der Waals surface area contributed by atoms with Gasteiger partial charge < -0.3 is 4.74 Å². The number of aromatic nitrogens is 1. The monoisotopic (exact) mass is 240 g/mol. The minimum atomic E-state index is -0.881. The van der Waals surface area contributed by atoms with Gasteiger partial charge in [0.15, 0.2) is 12.1 Å². The summed E-state index contributed by atoms with van der Waals surface area (Å²) in [5, 5.41) is 2.21. The maximum absolute atomic E-state index is 13.5. The number of nitrogens with zero attached hydrogens (tertiary/aromatic N) is 1. The maximum atomic E-state index is 13.5. The number of halogens is 1. The highest BCUT2D eigenvalue weighted by Crippen LogP contribution is 2.16. The molecule has 0 aliphatic rings. The van der Waals surface area contributed by atoms with Crippen LogP contribution in [-0.2, 0) is 4.74 Å². The van der Waals surface area contributed by atoms with E-state index in [9.17, 15) is 14.0 Å². The summed E-state index contributed by atoms with van der Waals surface area (Å²) >= 11 is 0. The summed E-state index contributed by atoms with van der Waals surface area (Å²) in [6.45, 7) is 5.06. The number of amides is 1. The van der Waals surface area contributed by atoms with Crippen molar-refractivity contribution in [2.24, 2.45) is 0 Å². The Hall–Kier alpha value is -1.98. The molecule has 0 aliphatic heterocycles. The van der Waals surface area contributed by atoms with E-state index in [0.717, 1.165) is 0 Å². The Labute approximate surface area is 98.0 Å². The SMILES string of the molecule is CC(C)(C)OC(=O)Nc1ccnc(C=O)c1F. The van der Waals surface area contributed by atoms with Gasteiger partial charge in [0.2, 0.25) is 0 Å². The third-order valence-electron chi connectivity index (χ3n) is 1.66. The van der Waals surface area contributed by atoms with E-state index in [4.69, 9.17) is 4.74 Å². The first-order valence-corrected chi connectivity index (χ1v) is 4.93. The van der Waals surface area contributed by atoms with Crippen LogP contribution in [0.1, 0.15) is 31.3 Å². The van der Waals surface area contributed by atoms with Gasteiger partial charge in [-0.15, -0.1) is 0 Å². The van der Waals surface area contributed by atoms with Crippen LogP contribution in [0.3, 0.4) is 0 Å². The molecule has 1 aromatic rings. The molecule has 1 amide bonds. The molecule has 0 bridgehead atoms. The summed E-state index contributed by atoms with van der Waals surface area (Å²) < 4.78 is 18.4. The molecule has 0 unspecified atom stereocenters. The standard InChI is InChI=1S/C11H13FN2O3/c1-11(2,3)17-10(16)14-7-4-5-13-8(6-15)9(7)12/h4-6H,1-3H3,(H,13,14,16). The molecule has 0 fully saturated rings. The number of hydrogen-bond acceptors (Lipinski definition) is 4. The van der Waals surface area contributed by atoms with Gasteiger partial charge >= 0.3 is 6.09 Å². The highest BCUT2D eigenvalue weighted by Gasteiger charge is 2.18. The molecule has 5 nitrogen and oxygen atoms in total. The minimum absolute atomic E-state index is 0.142. The zero-order chi connectivity index (χ0) is 13.1. The van der Waals surface area contributed by atoms with Crippen LogP contribution >= 0.6 is 0 Å². The second-order valence-electron chi connectivity index (χ2n) is 4.30. The molecule has 92 valence electrons. The minimum Gasteiger partial charge on any atom is -0.444 e. The lowest BCUT2D eigenvalue weighted by atomic mass is 10.2. The first kappa shape index (κ1) is 13.1. The van der Waals surface area contributed by atoms with Crippen molar-refractivity contribution in [3.05, 3.63) is 23.8 Å². The van der Waals surface area contributed by atoms with Gasteiger partial charge in [-0.05, 0) is 26.8 Å².